The van der Waals surface area contributed by atoms with Gasteiger partial charge in [0.2, 0.25) is 6.10 Å². The van der Waals surface area contributed by atoms with E-state index in [1.165, 1.54) is 19.2 Å². The standard InChI is InChI=1S/C12H15F3O5S/c1-7-4-9(5-8(2)11(7)19-3)20-10(12(13,14)15)6-21(16,17)18/h4-5,10H,6H2,1-3H3,(H,16,17,18). The third-order valence-corrected chi connectivity index (χ3v) is 3.37. The average molecular weight is 328 g/mol. The predicted octanol–water partition coefficient (Wildman–Crippen LogP) is 2.51. The van der Waals surface area contributed by atoms with Gasteiger partial charge in [-0.25, -0.2) is 0 Å². The molecule has 0 aliphatic heterocycles. The summed E-state index contributed by atoms with van der Waals surface area (Å²) >= 11 is 0. The maximum absolute atomic E-state index is 12.8. The first-order valence-electron chi connectivity index (χ1n) is 5.78. The van der Waals surface area contributed by atoms with E-state index >= 15 is 0 Å². The van der Waals surface area contributed by atoms with Crippen LogP contribution < -0.4 is 9.47 Å². The van der Waals surface area contributed by atoms with Gasteiger partial charge in [0.25, 0.3) is 10.1 Å². The van der Waals surface area contributed by atoms with Crippen LogP contribution in [0.1, 0.15) is 11.1 Å². The van der Waals surface area contributed by atoms with Gasteiger partial charge in [-0.2, -0.15) is 21.6 Å². The van der Waals surface area contributed by atoms with Crippen LogP contribution in [0.4, 0.5) is 13.2 Å². The highest BCUT2D eigenvalue weighted by atomic mass is 32.2. The molecule has 1 unspecified atom stereocenters. The number of halogens is 3. The first-order valence-corrected chi connectivity index (χ1v) is 7.38. The van der Waals surface area contributed by atoms with Crippen LogP contribution in [0.3, 0.4) is 0 Å². The van der Waals surface area contributed by atoms with E-state index in [0.717, 1.165) is 0 Å². The van der Waals surface area contributed by atoms with Gasteiger partial charge < -0.3 is 9.47 Å². The van der Waals surface area contributed by atoms with Gasteiger partial charge in [0.1, 0.15) is 17.3 Å². The lowest BCUT2D eigenvalue weighted by Crippen LogP contribution is -2.40. The summed E-state index contributed by atoms with van der Waals surface area (Å²) in [7, 11) is -3.41. The van der Waals surface area contributed by atoms with Gasteiger partial charge >= 0.3 is 6.18 Å². The zero-order valence-electron chi connectivity index (χ0n) is 11.6. The van der Waals surface area contributed by atoms with Crippen LogP contribution in [0.2, 0.25) is 0 Å². The molecule has 0 saturated heterocycles. The van der Waals surface area contributed by atoms with E-state index < -0.39 is 28.2 Å². The van der Waals surface area contributed by atoms with Crippen molar-refractivity contribution in [2.75, 3.05) is 12.9 Å². The Kier molecular flexibility index (Phi) is 5.11. The summed E-state index contributed by atoms with van der Waals surface area (Å²) in [6.45, 7) is 3.23. The molecule has 5 nitrogen and oxygen atoms in total. The Hall–Kier alpha value is -1.48. The van der Waals surface area contributed by atoms with Gasteiger partial charge in [-0.15, -0.1) is 0 Å². The molecule has 120 valence electrons. The molecule has 0 radical (unpaired) electrons. The molecule has 21 heavy (non-hydrogen) atoms. The number of rotatable bonds is 5. The highest BCUT2D eigenvalue weighted by Gasteiger charge is 2.44. The maximum atomic E-state index is 12.8. The Labute approximate surface area is 120 Å². The monoisotopic (exact) mass is 328 g/mol. The van der Waals surface area contributed by atoms with Gasteiger partial charge in [-0.1, -0.05) is 0 Å². The molecule has 0 spiro atoms. The second-order valence-corrected chi connectivity index (χ2v) is 5.98. The van der Waals surface area contributed by atoms with E-state index in [1.54, 1.807) is 13.8 Å². The second-order valence-electron chi connectivity index (χ2n) is 4.49. The van der Waals surface area contributed by atoms with Crippen LogP contribution in [0.15, 0.2) is 12.1 Å². The molecule has 0 aliphatic rings. The molecular formula is C12H15F3O5S. The molecule has 1 rings (SSSR count). The van der Waals surface area contributed by atoms with Crippen molar-refractivity contribution in [1.29, 1.82) is 0 Å². The fourth-order valence-electron chi connectivity index (χ4n) is 1.85. The quantitative estimate of drug-likeness (QED) is 0.841. The van der Waals surface area contributed by atoms with Crippen molar-refractivity contribution in [3.05, 3.63) is 23.3 Å². The van der Waals surface area contributed by atoms with Crippen molar-refractivity contribution in [1.82, 2.24) is 0 Å². The summed E-state index contributed by atoms with van der Waals surface area (Å²) in [6.07, 6.45) is -7.59. The molecule has 1 atom stereocenters. The van der Waals surface area contributed by atoms with Gasteiger partial charge in [-0.05, 0) is 37.1 Å². The largest absolute Gasteiger partial charge is 0.496 e. The summed E-state index contributed by atoms with van der Waals surface area (Å²) < 4.78 is 78.0. The van der Waals surface area contributed by atoms with Gasteiger partial charge in [-0.3, -0.25) is 4.55 Å². The van der Waals surface area contributed by atoms with Crippen LogP contribution in [0.25, 0.3) is 0 Å². The van der Waals surface area contributed by atoms with Crippen LogP contribution in [-0.2, 0) is 10.1 Å². The lowest BCUT2D eigenvalue weighted by Gasteiger charge is -2.21. The zero-order valence-corrected chi connectivity index (χ0v) is 12.4. The van der Waals surface area contributed by atoms with Gasteiger partial charge in [0, 0.05) is 0 Å². The summed E-state index contributed by atoms with van der Waals surface area (Å²) in [5.74, 6) is -1.22. The normalized spacial score (nSPS) is 13.9. The van der Waals surface area contributed by atoms with E-state index in [2.05, 4.69) is 0 Å². The van der Waals surface area contributed by atoms with Crippen LogP contribution in [0.5, 0.6) is 11.5 Å². The summed E-state index contributed by atoms with van der Waals surface area (Å²) in [5, 5.41) is 0. The average Bonchev–Trinajstić information content (AvgIpc) is 2.24. The highest BCUT2D eigenvalue weighted by molar-refractivity contribution is 7.85. The fourth-order valence-corrected chi connectivity index (χ4v) is 2.49. The van der Waals surface area contributed by atoms with E-state index in [1.807, 2.05) is 0 Å². The molecule has 9 heteroatoms. The summed E-state index contributed by atoms with van der Waals surface area (Å²) in [5.41, 5.74) is 1.08. The first-order chi connectivity index (χ1) is 9.44. The van der Waals surface area contributed by atoms with Crippen molar-refractivity contribution >= 4 is 10.1 Å². The van der Waals surface area contributed by atoms with Crippen LogP contribution in [-0.4, -0.2) is 38.1 Å². The van der Waals surface area contributed by atoms with E-state index in [4.69, 9.17) is 14.0 Å². The molecule has 1 aromatic carbocycles. The minimum absolute atomic E-state index is 0.156. The highest BCUT2D eigenvalue weighted by Crippen LogP contribution is 2.31. The van der Waals surface area contributed by atoms with Crippen molar-refractivity contribution in [3.63, 3.8) is 0 Å². The lowest BCUT2D eigenvalue weighted by molar-refractivity contribution is -0.188. The third-order valence-electron chi connectivity index (χ3n) is 2.64. The number of ether oxygens (including phenoxy) is 2. The summed E-state index contributed by atoms with van der Waals surface area (Å²) in [4.78, 5) is 0. The van der Waals surface area contributed by atoms with Gasteiger partial charge in [0.15, 0.2) is 0 Å². The van der Waals surface area contributed by atoms with Crippen molar-refractivity contribution < 1.29 is 35.6 Å². The Morgan fingerprint density at radius 3 is 2.05 bits per heavy atom. The van der Waals surface area contributed by atoms with E-state index in [9.17, 15) is 21.6 Å². The van der Waals surface area contributed by atoms with E-state index in [-0.39, 0.29) is 5.75 Å². The first kappa shape index (κ1) is 17.6. The molecule has 1 N–H and O–H groups in total. The van der Waals surface area contributed by atoms with Crippen molar-refractivity contribution in [2.24, 2.45) is 0 Å². The summed E-state index contributed by atoms with van der Waals surface area (Å²) in [6, 6.07) is 2.60. The third kappa shape index (κ3) is 5.09. The fraction of sp³-hybridized carbons (Fsp3) is 0.500. The Bertz CT molecular complexity index is 587. The number of hydrogen-bond donors (Lipinski definition) is 1. The van der Waals surface area contributed by atoms with Crippen molar-refractivity contribution in [2.45, 2.75) is 26.1 Å². The van der Waals surface area contributed by atoms with Crippen LogP contribution in [0, 0.1) is 13.8 Å². The Morgan fingerprint density at radius 1 is 1.24 bits per heavy atom. The molecule has 0 amide bonds. The topological polar surface area (TPSA) is 72.8 Å². The molecule has 0 aromatic heterocycles. The molecule has 0 heterocycles. The zero-order chi connectivity index (χ0) is 16.4. The maximum Gasteiger partial charge on any atom is 0.426 e. The molecule has 0 bridgehead atoms. The molecule has 0 fully saturated rings. The predicted molar refractivity (Wildman–Crippen MR) is 69.4 cm³/mol. The van der Waals surface area contributed by atoms with E-state index in [0.29, 0.717) is 16.9 Å². The molecule has 1 aromatic rings. The SMILES string of the molecule is COc1c(C)cc(OC(CS(=O)(=O)O)C(F)(F)F)cc1C. The number of benzene rings is 1. The minimum Gasteiger partial charge on any atom is -0.496 e. The van der Waals surface area contributed by atoms with Crippen LogP contribution >= 0.6 is 0 Å². The number of methoxy groups -OCH3 is 1. The number of hydrogen-bond acceptors (Lipinski definition) is 4. The number of alkyl halides is 3. The van der Waals surface area contributed by atoms with Gasteiger partial charge in [0.05, 0.1) is 7.11 Å². The Morgan fingerprint density at radius 2 is 1.71 bits per heavy atom. The minimum atomic E-state index is -4.93. The smallest absolute Gasteiger partial charge is 0.426 e. The van der Waals surface area contributed by atoms with Crippen molar-refractivity contribution in [3.8, 4) is 11.5 Å². The lowest BCUT2D eigenvalue weighted by atomic mass is 10.1. The Balaban J connectivity index is 3.10. The molecular weight excluding hydrogens is 313 g/mol. The molecule has 0 aliphatic carbocycles. The second kappa shape index (κ2) is 6.10. The molecule has 0 saturated carbocycles. The number of aryl methyl sites for hydroxylation is 2.